The van der Waals surface area contributed by atoms with Gasteiger partial charge in [0.05, 0.1) is 11.6 Å². The Morgan fingerprint density at radius 2 is 2.00 bits per heavy atom. The number of hydrogen-bond acceptors (Lipinski definition) is 6. The van der Waals surface area contributed by atoms with Crippen LogP contribution in [0.2, 0.25) is 0 Å². The fraction of sp³-hybridized carbons (Fsp3) is 0.227. The van der Waals surface area contributed by atoms with Crippen LogP contribution in [-0.2, 0) is 11.4 Å². The molecule has 0 unspecified atom stereocenters. The summed E-state index contributed by atoms with van der Waals surface area (Å²) >= 11 is 4.91. The number of carbonyl (C=O) groups is 1. The number of halogens is 1. The number of benzene rings is 2. The van der Waals surface area contributed by atoms with Gasteiger partial charge in [-0.2, -0.15) is 0 Å². The number of rotatable bonds is 8. The van der Waals surface area contributed by atoms with E-state index in [4.69, 9.17) is 9.47 Å². The number of aromatic nitrogens is 2. The second-order valence-corrected chi connectivity index (χ2v) is 8.59. The number of ether oxygens (including phenoxy) is 2. The van der Waals surface area contributed by atoms with Crippen molar-refractivity contribution < 1.29 is 14.3 Å². The highest BCUT2D eigenvalue weighted by atomic mass is 79.9. The molecule has 3 aromatic rings. The number of carbonyl (C=O) groups excluding carboxylic acids is 1. The summed E-state index contributed by atoms with van der Waals surface area (Å²) in [7, 11) is 1.58. The Balaban J connectivity index is 1.68. The zero-order valence-corrected chi connectivity index (χ0v) is 19.3. The highest BCUT2D eigenvalue weighted by Crippen LogP contribution is 2.37. The van der Waals surface area contributed by atoms with Gasteiger partial charge in [0.15, 0.2) is 11.5 Å². The van der Waals surface area contributed by atoms with E-state index in [2.05, 4.69) is 31.4 Å². The van der Waals surface area contributed by atoms with Gasteiger partial charge in [-0.25, -0.2) is 0 Å². The standard InChI is InChI=1S/C22H22BrN3O3S/c1-14(2)21-25-26-22(30-21)24-19(27)10-9-16-11-17(23)20(18(12-16)28-3)29-13-15-7-5-4-6-8-15/h4-12,14H,13H2,1-3H3,(H,24,26,27)/b10-9+. The Morgan fingerprint density at radius 1 is 1.23 bits per heavy atom. The number of amides is 1. The van der Waals surface area contributed by atoms with E-state index in [-0.39, 0.29) is 11.8 Å². The molecule has 3 rings (SSSR count). The molecule has 156 valence electrons. The number of nitrogens with one attached hydrogen (secondary N) is 1. The van der Waals surface area contributed by atoms with Crippen LogP contribution in [0.5, 0.6) is 11.5 Å². The van der Waals surface area contributed by atoms with Crippen molar-refractivity contribution in [3.8, 4) is 11.5 Å². The van der Waals surface area contributed by atoms with Crippen LogP contribution in [-0.4, -0.2) is 23.2 Å². The zero-order chi connectivity index (χ0) is 21.5. The number of anilines is 1. The topological polar surface area (TPSA) is 73.3 Å². The Kier molecular flexibility index (Phi) is 7.59. The third kappa shape index (κ3) is 5.90. The minimum Gasteiger partial charge on any atom is -0.493 e. The molecule has 0 fully saturated rings. The highest BCUT2D eigenvalue weighted by Gasteiger charge is 2.12. The van der Waals surface area contributed by atoms with Crippen LogP contribution in [0.1, 0.15) is 35.9 Å². The molecule has 30 heavy (non-hydrogen) atoms. The SMILES string of the molecule is COc1cc(/C=C/C(=O)Nc2nnc(C(C)C)s2)cc(Br)c1OCc1ccccc1. The van der Waals surface area contributed by atoms with Gasteiger partial charge in [-0.3, -0.25) is 10.1 Å². The Labute approximate surface area is 188 Å². The molecular weight excluding hydrogens is 466 g/mol. The summed E-state index contributed by atoms with van der Waals surface area (Å²) in [6, 6.07) is 13.6. The molecule has 1 heterocycles. The van der Waals surface area contributed by atoms with Gasteiger partial charge in [0, 0.05) is 12.0 Å². The van der Waals surface area contributed by atoms with Crippen LogP contribution in [0, 0.1) is 0 Å². The average Bonchev–Trinajstić information content (AvgIpc) is 3.20. The smallest absolute Gasteiger partial charge is 0.250 e. The van der Waals surface area contributed by atoms with Crippen molar-refractivity contribution >= 4 is 44.4 Å². The van der Waals surface area contributed by atoms with Gasteiger partial charge in [-0.05, 0) is 45.3 Å². The molecule has 2 aromatic carbocycles. The van der Waals surface area contributed by atoms with Crippen LogP contribution in [0.4, 0.5) is 5.13 Å². The Hall–Kier alpha value is -2.71. The fourth-order valence-corrected chi connectivity index (χ4v) is 3.87. The number of hydrogen-bond donors (Lipinski definition) is 1. The molecule has 0 aliphatic rings. The van der Waals surface area contributed by atoms with Crippen molar-refractivity contribution in [3.63, 3.8) is 0 Å². The fourth-order valence-electron chi connectivity index (χ4n) is 2.54. The van der Waals surface area contributed by atoms with Crippen molar-refractivity contribution in [3.05, 3.63) is 69.1 Å². The predicted molar refractivity (Wildman–Crippen MR) is 123 cm³/mol. The first-order valence-corrected chi connectivity index (χ1v) is 10.9. The highest BCUT2D eigenvalue weighted by molar-refractivity contribution is 9.10. The summed E-state index contributed by atoms with van der Waals surface area (Å²) < 4.78 is 12.2. The van der Waals surface area contributed by atoms with Crippen molar-refractivity contribution in [2.75, 3.05) is 12.4 Å². The molecule has 0 saturated heterocycles. The van der Waals surface area contributed by atoms with Gasteiger partial charge >= 0.3 is 0 Å². The lowest BCUT2D eigenvalue weighted by Gasteiger charge is -2.13. The first-order valence-electron chi connectivity index (χ1n) is 9.33. The van der Waals surface area contributed by atoms with E-state index in [1.165, 1.54) is 17.4 Å². The maximum absolute atomic E-state index is 12.2. The van der Waals surface area contributed by atoms with Gasteiger partial charge in [0.25, 0.3) is 0 Å². The lowest BCUT2D eigenvalue weighted by Crippen LogP contribution is -2.07. The van der Waals surface area contributed by atoms with Crippen LogP contribution in [0.3, 0.4) is 0 Å². The molecule has 0 atom stereocenters. The van der Waals surface area contributed by atoms with Gasteiger partial charge in [-0.15, -0.1) is 10.2 Å². The largest absolute Gasteiger partial charge is 0.493 e. The number of nitrogens with zero attached hydrogens (tertiary/aromatic N) is 2. The van der Waals surface area contributed by atoms with Crippen LogP contribution >= 0.6 is 27.3 Å². The summed E-state index contributed by atoms with van der Waals surface area (Å²) in [4.78, 5) is 12.2. The summed E-state index contributed by atoms with van der Waals surface area (Å²) in [6.07, 6.45) is 3.15. The second kappa shape index (κ2) is 10.4. The predicted octanol–water partition coefficient (Wildman–Crippen LogP) is 5.66. The molecule has 0 bridgehead atoms. The molecular formula is C22H22BrN3O3S. The summed E-state index contributed by atoms with van der Waals surface area (Å²) in [5.74, 6) is 1.18. The monoisotopic (exact) mass is 487 g/mol. The summed E-state index contributed by atoms with van der Waals surface area (Å²) in [5, 5.41) is 12.2. The molecule has 0 aliphatic heterocycles. The molecule has 8 heteroatoms. The first kappa shape index (κ1) is 22.0. The lowest BCUT2D eigenvalue weighted by atomic mass is 10.2. The van der Waals surface area contributed by atoms with Crippen molar-refractivity contribution in [2.45, 2.75) is 26.4 Å². The minimum atomic E-state index is -0.277. The molecule has 0 radical (unpaired) electrons. The van der Waals surface area contributed by atoms with Crippen LogP contribution in [0.15, 0.2) is 53.0 Å². The van der Waals surface area contributed by atoms with Gasteiger partial charge < -0.3 is 9.47 Å². The van der Waals surface area contributed by atoms with E-state index < -0.39 is 0 Å². The third-order valence-electron chi connectivity index (χ3n) is 4.07. The first-order chi connectivity index (χ1) is 14.5. The van der Waals surface area contributed by atoms with E-state index >= 15 is 0 Å². The summed E-state index contributed by atoms with van der Waals surface area (Å²) in [6.45, 7) is 4.49. The van der Waals surface area contributed by atoms with E-state index in [0.29, 0.717) is 23.2 Å². The van der Waals surface area contributed by atoms with E-state index in [9.17, 15) is 4.79 Å². The van der Waals surface area contributed by atoms with Crippen molar-refractivity contribution in [2.24, 2.45) is 0 Å². The maximum Gasteiger partial charge on any atom is 0.250 e. The van der Waals surface area contributed by atoms with Crippen molar-refractivity contribution in [1.82, 2.24) is 10.2 Å². The second-order valence-electron chi connectivity index (χ2n) is 6.73. The average molecular weight is 488 g/mol. The maximum atomic E-state index is 12.2. The Bertz CT molecular complexity index is 1040. The normalized spacial score (nSPS) is 11.1. The quantitative estimate of drug-likeness (QED) is 0.414. The summed E-state index contributed by atoms with van der Waals surface area (Å²) in [5.41, 5.74) is 1.85. The van der Waals surface area contributed by atoms with Crippen LogP contribution in [0.25, 0.3) is 6.08 Å². The minimum absolute atomic E-state index is 0.274. The molecule has 0 aliphatic carbocycles. The molecule has 0 saturated carbocycles. The van der Waals surface area contributed by atoms with E-state index in [1.54, 1.807) is 13.2 Å². The number of methoxy groups -OCH3 is 1. The molecule has 1 aromatic heterocycles. The Morgan fingerprint density at radius 3 is 2.67 bits per heavy atom. The van der Waals surface area contributed by atoms with E-state index in [1.807, 2.05) is 56.3 Å². The molecule has 1 amide bonds. The van der Waals surface area contributed by atoms with Crippen LogP contribution < -0.4 is 14.8 Å². The van der Waals surface area contributed by atoms with Gasteiger partial charge in [0.2, 0.25) is 11.0 Å². The van der Waals surface area contributed by atoms with Gasteiger partial charge in [0.1, 0.15) is 11.6 Å². The lowest BCUT2D eigenvalue weighted by molar-refractivity contribution is -0.111. The molecule has 0 spiro atoms. The van der Waals surface area contributed by atoms with Crippen molar-refractivity contribution in [1.29, 1.82) is 0 Å². The zero-order valence-electron chi connectivity index (χ0n) is 16.9. The van der Waals surface area contributed by atoms with Gasteiger partial charge in [-0.1, -0.05) is 55.5 Å². The molecule has 6 nitrogen and oxygen atoms in total. The third-order valence-corrected chi connectivity index (χ3v) is 5.80. The van der Waals surface area contributed by atoms with E-state index in [0.717, 1.165) is 20.6 Å². The molecule has 1 N–H and O–H groups in total.